The number of hydrogen-bond donors (Lipinski definition) is 2. The van der Waals surface area contributed by atoms with Crippen LogP contribution in [-0.4, -0.2) is 26.9 Å². The summed E-state index contributed by atoms with van der Waals surface area (Å²) in [6.45, 7) is 0.248. The molecule has 2 N–H and O–H groups in total. The van der Waals surface area contributed by atoms with Gasteiger partial charge in [-0.1, -0.05) is 0 Å². The first kappa shape index (κ1) is 19.9. The van der Waals surface area contributed by atoms with E-state index in [1.54, 1.807) is 0 Å². The summed E-state index contributed by atoms with van der Waals surface area (Å²) < 4.78 is 68.0. The molecule has 0 saturated heterocycles. The molecule has 0 aliphatic heterocycles. The number of carbonyl (C=O) groups is 1. The molecule has 140 valence electrons. The van der Waals surface area contributed by atoms with Crippen molar-refractivity contribution >= 4 is 33.4 Å². The second-order valence-electron chi connectivity index (χ2n) is 4.83. The molecule has 0 atom stereocenters. The number of halogens is 4. The van der Waals surface area contributed by atoms with E-state index in [9.17, 15) is 26.4 Å². The molecule has 0 radical (unpaired) electrons. The molecule has 2 rings (SSSR count). The number of alkyl halides is 1. The Morgan fingerprint density at radius 2 is 1.65 bits per heavy atom. The topological polar surface area (TPSA) is 84.5 Å². The molecular weight excluding hydrogens is 397 g/mol. The van der Waals surface area contributed by atoms with Gasteiger partial charge in [-0.25, -0.2) is 18.0 Å². The largest absolute Gasteiger partial charge is 0.379 e. The minimum atomic E-state index is -4.42. The van der Waals surface area contributed by atoms with Gasteiger partial charge in [0.1, 0.15) is 10.6 Å². The lowest BCUT2D eigenvalue weighted by Crippen LogP contribution is -2.30. The van der Waals surface area contributed by atoms with E-state index in [0.29, 0.717) is 12.1 Å². The van der Waals surface area contributed by atoms with Gasteiger partial charge in [-0.05, 0) is 24.3 Å². The molecule has 0 fully saturated rings. The molecule has 6 nitrogen and oxygen atoms in total. The Kier molecular flexibility index (Phi) is 6.32. The number of hydrogen-bond acceptors (Lipinski definition) is 4. The molecule has 26 heavy (non-hydrogen) atoms. The number of urea groups is 1. The highest BCUT2D eigenvalue weighted by atomic mass is 35.5. The Labute approximate surface area is 152 Å². The third-order valence-corrected chi connectivity index (χ3v) is 4.39. The van der Waals surface area contributed by atoms with Crippen molar-refractivity contribution in [3.63, 3.8) is 0 Å². The van der Waals surface area contributed by atoms with E-state index in [2.05, 4.69) is 14.8 Å². The summed E-state index contributed by atoms with van der Waals surface area (Å²) in [7, 11) is -4.42. The molecule has 0 spiro atoms. The lowest BCUT2D eigenvalue weighted by molar-refractivity contribution is 0.252. The van der Waals surface area contributed by atoms with Crippen LogP contribution in [-0.2, 0) is 10.1 Å². The van der Waals surface area contributed by atoms with Crippen molar-refractivity contribution < 1.29 is 30.6 Å². The first-order valence-electron chi connectivity index (χ1n) is 7.03. The first-order valence-corrected chi connectivity index (χ1v) is 8.97. The molecule has 0 heterocycles. The molecule has 2 aromatic rings. The van der Waals surface area contributed by atoms with Crippen LogP contribution >= 0.6 is 11.6 Å². The van der Waals surface area contributed by atoms with Crippen LogP contribution in [0.3, 0.4) is 0 Å². The van der Waals surface area contributed by atoms with Crippen LogP contribution < -0.4 is 14.8 Å². The molecule has 2 amide bonds. The number of nitrogens with one attached hydrogen (secondary N) is 2. The van der Waals surface area contributed by atoms with Crippen molar-refractivity contribution in [3.05, 3.63) is 53.8 Å². The van der Waals surface area contributed by atoms with E-state index in [1.807, 2.05) is 0 Å². The maximum Gasteiger partial charge on any atom is 0.339 e. The second-order valence-corrected chi connectivity index (χ2v) is 6.76. The summed E-state index contributed by atoms with van der Waals surface area (Å²) in [6, 6.07) is 5.07. The molecule has 2 aromatic carbocycles. The SMILES string of the molecule is O=C(NCCCl)Nc1ccc(S(=O)(=O)Oc2cc(F)c(F)c(F)c2)cc1. The number of amides is 2. The minimum Gasteiger partial charge on any atom is -0.379 e. The standard InChI is InChI=1S/C15H12ClF3N2O4S/c16-5-6-20-15(22)21-9-1-3-11(4-2-9)26(23,24)25-10-7-12(17)14(19)13(18)8-10/h1-4,7-8H,5-6H2,(H2,20,21,22). The van der Waals surface area contributed by atoms with Crippen molar-refractivity contribution in [1.29, 1.82) is 0 Å². The number of anilines is 1. The summed E-state index contributed by atoms with van der Waals surface area (Å²) in [5.41, 5.74) is 0.287. The van der Waals surface area contributed by atoms with E-state index < -0.39 is 39.4 Å². The van der Waals surface area contributed by atoms with Gasteiger partial charge in [0.25, 0.3) is 0 Å². The molecule has 11 heteroatoms. The van der Waals surface area contributed by atoms with Crippen LogP contribution in [0.2, 0.25) is 0 Å². The molecular formula is C15H12ClF3N2O4S. The zero-order chi connectivity index (χ0) is 19.3. The van der Waals surface area contributed by atoms with Gasteiger partial charge in [0, 0.05) is 30.2 Å². The smallest absolute Gasteiger partial charge is 0.339 e. The van der Waals surface area contributed by atoms with Gasteiger partial charge in [-0.3, -0.25) is 0 Å². The van der Waals surface area contributed by atoms with Crippen LogP contribution in [0.1, 0.15) is 0 Å². The summed E-state index contributed by atoms with van der Waals surface area (Å²) in [5.74, 6) is -5.40. The fraction of sp³-hybridized carbons (Fsp3) is 0.133. The van der Waals surface area contributed by atoms with Crippen LogP contribution in [0.4, 0.5) is 23.7 Å². The van der Waals surface area contributed by atoms with Gasteiger partial charge in [0.05, 0.1) is 0 Å². The molecule has 0 aliphatic rings. The van der Waals surface area contributed by atoms with E-state index >= 15 is 0 Å². The highest BCUT2D eigenvalue weighted by molar-refractivity contribution is 7.87. The van der Waals surface area contributed by atoms with Crippen molar-refractivity contribution in [3.8, 4) is 5.75 Å². The second kappa shape index (κ2) is 8.28. The Hall–Kier alpha value is -2.46. The van der Waals surface area contributed by atoms with Gasteiger partial charge in [-0.15, -0.1) is 11.6 Å². The van der Waals surface area contributed by atoms with E-state index in [1.165, 1.54) is 12.1 Å². The Morgan fingerprint density at radius 1 is 1.08 bits per heavy atom. The monoisotopic (exact) mass is 408 g/mol. The summed E-state index contributed by atoms with van der Waals surface area (Å²) >= 11 is 5.42. The van der Waals surface area contributed by atoms with Crippen LogP contribution in [0.15, 0.2) is 41.3 Å². The predicted molar refractivity (Wildman–Crippen MR) is 88.3 cm³/mol. The van der Waals surface area contributed by atoms with Gasteiger partial charge in [0.15, 0.2) is 17.5 Å². The van der Waals surface area contributed by atoms with Crippen LogP contribution in [0.5, 0.6) is 5.75 Å². The lowest BCUT2D eigenvalue weighted by atomic mass is 10.3. The summed E-state index contributed by atoms with van der Waals surface area (Å²) in [6.07, 6.45) is 0. The average molecular weight is 409 g/mol. The number of benzene rings is 2. The normalized spacial score (nSPS) is 11.1. The third-order valence-electron chi connectivity index (χ3n) is 2.94. The van der Waals surface area contributed by atoms with E-state index in [0.717, 1.165) is 12.1 Å². The van der Waals surface area contributed by atoms with Crippen LogP contribution in [0, 0.1) is 17.5 Å². The predicted octanol–water partition coefficient (Wildman–Crippen LogP) is 3.23. The molecule has 0 bridgehead atoms. The van der Waals surface area contributed by atoms with Crippen LogP contribution in [0.25, 0.3) is 0 Å². The van der Waals surface area contributed by atoms with E-state index in [4.69, 9.17) is 11.6 Å². The van der Waals surface area contributed by atoms with Gasteiger partial charge in [-0.2, -0.15) is 8.42 Å². The Morgan fingerprint density at radius 3 is 2.19 bits per heavy atom. The molecule has 0 aliphatic carbocycles. The fourth-order valence-electron chi connectivity index (χ4n) is 1.80. The Balaban J connectivity index is 2.13. The van der Waals surface area contributed by atoms with Gasteiger partial charge < -0.3 is 14.8 Å². The third kappa shape index (κ3) is 5.02. The Bertz CT molecular complexity index is 885. The highest BCUT2D eigenvalue weighted by Gasteiger charge is 2.19. The maximum absolute atomic E-state index is 13.1. The average Bonchev–Trinajstić information content (AvgIpc) is 2.58. The zero-order valence-electron chi connectivity index (χ0n) is 12.9. The highest BCUT2D eigenvalue weighted by Crippen LogP contribution is 2.24. The van der Waals surface area contributed by atoms with Crippen molar-refractivity contribution in [2.45, 2.75) is 4.90 Å². The van der Waals surface area contributed by atoms with E-state index in [-0.39, 0.29) is 23.0 Å². The zero-order valence-corrected chi connectivity index (χ0v) is 14.5. The fourth-order valence-corrected chi connectivity index (χ4v) is 2.81. The minimum absolute atomic E-state index is 0.229. The molecule has 0 unspecified atom stereocenters. The van der Waals surface area contributed by atoms with Crippen molar-refractivity contribution in [1.82, 2.24) is 5.32 Å². The quantitative estimate of drug-likeness (QED) is 0.436. The number of rotatable bonds is 6. The lowest BCUT2D eigenvalue weighted by Gasteiger charge is -2.09. The summed E-state index contributed by atoms with van der Waals surface area (Å²) in [4.78, 5) is 11.1. The first-order chi connectivity index (χ1) is 12.2. The maximum atomic E-state index is 13.1. The van der Waals surface area contributed by atoms with Gasteiger partial charge in [0.2, 0.25) is 0 Å². The number of carbonyl (C=O) groups excluding carboxylic acids is 1. The summed E-state index contributed by atoms with van der Waals surface area (Å²) in [5, 5.41) is 4.89. The van der Waals surface area contributed by atoms with Crippen molar-refractivity contribution in [2.24, 2.45) is 0 Å². The molecule has 0 saturated carbocycles. The van der Waals surface area contributed by atoms with Gasteiger partial charge >= 0.3 is 16.1 Å². The van der Waals surface area contributed by atoms with Crippen molar-refractivity contribution in [2.75, 3.05) is 17.7 Å². The molecule has 0 aromatic heterocycles.